The lowest BCUT2D eigenvalue weighted by Crippen LogP contribution is -2.46. The zero-order valence-electron chi connectivity index (χ0n) is 12.0. The van der Waals surface area contributed by atoms with E-state index in [2.05, 4.69) is 19.8 Å². The Bertz CT molecular complexity index is 656. The Kier molecular flexibility index (Phi) is 4.66. The number of rotatable bonds is 3. The fourth-order valence-corrected chi connectivity index (χ4v) is 3.11. The van der Waals surface area contributed by atoms with Crippen LogP contribution in [0.25, 0.3) is 0 Å². The average Bonchev–Trinajstić information content (AvgIpc) is 2.48. The lowest BCUT2D eigenvalue weighted by atomic mass is 10.2. The molecule has 116 valence electrons. The predicted octanol–water partition coefficient (Wildman–Crippen LogP) is 2.69. The molecule has 3 rings (SSSR count). The minimum atomic E-state index is 0.558. The molecule has 2 aromatic rings. The van der Waals surface area contributed by atoms with Crippen LogP contribution in [0.1, 0.15) is 5.56 Å². The van der Waals surface area contributed by atoms with E-state index in [-0.39, 0.29) is 0 Å². The molecule has 1 aliphatic heterocycles. The third-order valence-electron chi connectivity index (χ3n) is 3.71. The maximum Gasteiger partial charge on any atom is 0.147 e. The van der Waals surface area contributed by atoms with Gasteiger partial charge in [0.05, 0.1) is 10.0 Å². The van der Waals surface area contributed by atoms with Crippen LogP contribution in [0.4, 0.5) is 11.6 Å². The molecule has 2 aromatic heterocycles. The lowest BCUT2D eigenvalue weighted by molar-refractivity contribution is 0.249. The predicted molar refractivity (Wildman–Crippen MR) is 90.4 cm³/mol. The number of nitrogen functional groups attached to an aromatic ring is 1. The Morgan fingerprint density at radius 3 is 2.55 bits per heavy atom. The highest BCUT2D eigenvalue weighted by molar-refractivity contribution is 6.36. The van der Waals surface area contributed by atoms with Gasteiger partial charge >= 0.3 is 0 Å². The summed E-state index contributed by atoms with van der Waals surface area (Å²) in [5.41, 5.74) is 6.90. The van der Waals surface area contributed by atoms with Gasteiger partial charge in [-0.05, 0) is 23.8 Å². The Balaban J connectivity index is 1.60. The molecule has 22 heavy (non-hydrogen) atoms. The topological polar surface area (TPSA) is 58.3 Å². The smallest absolute Gasteiger partial charge is 0.147 e. The van der Waals surface area contributed by atoms with E-state index in [4.69, 9.17) is 28.9 Å². The van der Waals surface area contributed by atoms with E-state index in [0.29, 0.717) is 15.9 Å². The fourth-order valence-electron chi connectivity index (χ4n) is 2.61. The highest BCUT2D eigenvalue weighted by Gasteiger charge is 2.20. The van der Waals surface area contributed by atoms with Crippen LogP contribution in [0, 0.1) is 0 Å². The third-order valence-corrected chi connectivity index (χ3v) is 4.20. The Hall–Kier alpha value is -1.56. The Morgan fingerprint density at radius 2 is 1.86 bits per heavy atom. The maximum absolute atomic E-state index is 6.22. The van der Waals surface area contributed by atoms with Crippen LogP contribution in [0.2, 0.25) is 10.0 Å². The van der Waals surface area contributed by atoms with Crippen LogP contribution >= 0.6 is 23.2 Å². The number of piperazine rings is 1. The molecule has 0 radical (unpaired) electrons. The van der Waals surface area contributed by atoms with Gasteiger partial charge in [0.2, 0.25) is 0 Å². The number of hydrogen-bond donors (Lipinski definition) is 1. The molecule has 0 amide bonds. The normalized spacial score (nSPS) is 16.0. The molecule has 0 aromatic carbocycles. The monoisotopic (exact) mass is 337 g/mol. The molecule has 7 heteroatoms. The molecular formula is C15H17Cl2N5. The Morgan fingerprint density at radius 1 is 1.09 bits per heavy atom. The van der Waals surface area contributed by atoms with Crippen molar-refractivity contribution in [2.75, 3.05) is 36.8 Å². The second kappa shape index (κ2) is 6.69. The highest BCUT2D eigenvalue weighted by Crippen LogP contribution is 2.26. The number of pyridine rings is 2. The van der Waals surface area contributed by atoms with Gasteiger partial charge in [0.15, 0.2) is 0 Å². The first-order valence-electron chi connectivity index (χ1n) is 7.10. The molecule has 2 N–H and O–H groups in total. The van der Waals surface area contributed by atoms with Gasteiger partial charge < -0.3 is 10.6 Å². The molecule has 0 spiro atoms. The van der Waals surface area contributed by atoms with E-state index >= 15 is 0 Å². The van der Waals surface area contributed by atoms with Crippen LogP contribution in [-0.2, 0) is 6.54 Å². The van der Waals surface area contributed by atoms with Gasteiger partial charge in [-0.2, -0.15) is 0 Å². The zero-order valence-corrected chi connectivity index (χ0v) is 13.6. The van der Waals surface area contributed by atoms with Gasteiger partial charge in [0, 0.05) is 45.1 Å². The Labute approximate surface area is 139 Å². The summed E-state index contributed by atoms with van der Waals surface area (Å²) in [4.78, 5) is 12.9. The number of anilines is 2. The standard InChI is InChI=1S/C15H17Cl2N5/c16-12-8-13(17)15(20-9-12)22-5-3-21(4-6-22)10-11-1-2-19-14(18)7-11/h1-2,7-9H,3-6,10H2,(H2,18,19). The molecule has 3 heterocycles. The van der Waals surface area contributed by atoms with Gasteiger partial charge in [-0.1, -0.05) is 23.2 Å². The molecule has 1 fully saturated rings. The second-order valence-electron chi connectivity index (χ2n) is 5.31. The minimum Gasteiger partial charge on any atom is -0.384 e. The number of hydrogen-bond acceptors (Lipinski definition) is 5. The number of nitrogens with zero attached hydrogens (tertiary/aromatic N) is 4. The molecule has 1 aliphatic rings. The van der Waals surface area contributed by atoms with Crippen molar-refractivity contribution in [3.8, 4) is 0 Å². The van der Waals surface area contributed by atoms with Crippen molar-refractivity contribution in [2.24, 2.45) is 0 Å². The molecular weight excluding hydrogens is 321 g/mol. The minimum absolute atomic E-state index is 0.558. The molecule has 0 aliphatic carbocycles. The van der Waals surface area contributed by atoms with Crippen molar-refractivity contribution in [1.82, 2.24) is 14.9 Å². The second-order valence-corrected chi connectivity index (χ2v) is 6.15. The van der Waals surface area contributed by atoms with Crippen molar-refractivity contribution in [3.05, 3.63) is 46.2 Å². The highest BCUT2D eigenvalue weighted by atomic mass is 35.5. The van der Waals surface area contributed by atoms with Crippen LogP contribution in [-0.4, -0.2) is 41.0 Å². The summed E-state index contributed by atoms with van der Waals surface area (Å²) in [5, 5.41) is 1.16. The van der Waals surface area contributed by atoms with Crippen molar-refractivity contribution in [1.29, 1.82) is 0 Å². The van der Waals surface area contributed by atoms with E-state index < -0.39 is 0 Å². The average molecular weight is 338 g/mol. The first-order chi connectivity index (χ1) is 10.6. The summed E-state index contributed by atoms with van der Waals surface area (Å²) >= 11 is 12.1. The summed E-state index contributed by atoms with van der Waals surface area (Å²) in [5.74, 6) is 1.37. The van der Waals surface area contributed by atoms with Crippen molar-refractivity contribution in [3.63, 3.8) is 0 Å². The molecule has 0 atom stereocenters. The van der Waals surface area contributed by atoms with E-state index in [1.54, 1.807) is 18.5 Å². The lowest BCUT2D eigenvalue weighted by Gasteiger charge is -2.35. The summed E-state index contributed by atoms with van der Waals surface area (Å²) in [7, 11) is 0. The van der Waals surface area contributed by atoms with E-state index in [9.17, 15) is 0 Å². The fraction of sp³-hybridized carbons (Fsp3) is 0.333. The van der Waals surface area contributed by atoms with Crippen LogP contribution in [0.5, 0.6) is 0 Å². The molecule has 0 unspecified atom stereocenters. The van der Waals surface area contributed by atoms with Gasteiger partial charge in [-0.3, -0.25) is 4.90 Å². The zero-order chi connectivity index (χ0) is 15.5. The quantitative estimate of drug-likeness (QED) is 0.932. The van der Waals surface area contributed by atoms with Crippen LogP contribution in [0.15, 0.2) is 30.6 Å². The molecule has 0 saturated carbocycles. The number of halogens is 2. The van der Waals surface area contributed by atoms with Gasteiger partial charge in [-0.25, -0.2) is 9.97 Å². The van der Waals surface area contributed by atoms with E-state index in [1.807, 2.05) is 12.1 Å². The van der Waals surface area contributed by atoms with Crippen molar-refractivity contribution in [2.45, 2.75) is 6.54 Å². The largest absolute Gasteiger partial charge is 0.384 e. The first-order valence-corrected chi connectivity index (χ1v) is 7.86. The number of aromatic nitrogens is 2. The third kappa shape index (κ3) is 3.61. The summed E-state index contributed by atoms with van der Waals surface area (Å²) in [6, 6.07) is 5.65. The summed E-state index contributed by atoms with van der Waals surface area (Å²) in [6.45, 7) is 4.54. The van der Waals surface area contributed by atoms with Crippen molar-refractivity contribution < 1.29 is 0 Å². The molecule has 0 bridgehead atoms. The summed E-state index contributed by atoms with van der Waals surface area (Å²) in [6.07, 6.45) is 3.38. The first kappa shape index (κ1) is 15.3. The van der Waals surface area contributed by atoms with Crippen LogP contribution < -0.4 is 10.6 Å². The van der Waals surface area contributed by atoms with E-state index in [1.165, 1.54) is 5.56 Å². The van der Waals surface area contributed by atoms with Gasteiger partial charge in [-0.15, -0.1) is 0 Å². The van der Waals surface area contributed by atoms with Gasteiger partial charge in [0.25, 0.3) is 0 Å². The molecule has 5 nitrogen and oxygen atoms in total. The number of nitrogens with two attached hydrogens (primary N) is 1. The maximum atomic E-state index is 6.22. The molecule has 1 saturated heterocycles. The van der Waals surface area contributed by atoms with E-state index in [0.717, 1.165) is 38.5 Å². The van der Waals surface area contributed by atoms with Crippen LogP contribution in [0.3, 0.4) is 0 Å². The SMILES string of the molecule is Nc1cc(CN2CCN(c3ncc(Cl)cc3Cl)CC2)ccn1. The van der Waals surface area contributed by atoms with Crippen molar-refractivity contribution >= 4 is 34.8 Å². The summed E-state index contributed by atoms with van der Waals surface area (Å²) < 4.78 is 0. The van der Waals surface area contributed by atoms with Gasteiger partial charge in [0.1, 0.15) is 11.6 Å².